The maximum Gasteiger partial charge on any atom is 0.306 e. The maximum atomic E-state index is 12.7. The highest BCUT2D eigenvalue weighted by Crippen LogP contribution is 2.24. The standard InChI is InChI=1S/C39H74O12S/c1-3-5-7-9-11-13-15-16-18-19-21-23-25-27-34(40)48-29-32(50-35(41)28-26-24-22-20-17-14-12-10-8-6-4-2)30-49-39-38(44)37(43)36(42)33(51-39)31-52(45,46)47/h32-33,36-39,42-44H,3-31H2,1-2H3,(H,45,46,47)/t32-,33-,36-,37+,38-,39+/m1/s1. The number of rotatable bonds is 34. The summed E-state index contributed by atoms with van der Waals surface area (Å²) in [6.07, 6.45) is 18.7. The number of ether oxygens (including phenoxy) is 4. The van der Waals surface area contributed by atoms with Gasteiger partial charge in [0.1, 0.15) is 36.8 Å². The van der Waals surface area contributed by atoms with Gasteiger partial charge in [-0.25, -0.2) is 0 Å². The van der Waals surface area contributed by atoms with Crippen LogP contribution in [0, 0.1) is 0 Å². The van der Waals surface area contributed by atoms with Crippen molar-refractivity contribution in [2.75, 3.05) is 19.0 Å². The second kappa shape index (κ2) is 30.9. The Morgan fingerprint density at radius 1 is 0.577 bits per heavy atom. The highest BCUT2D eigenvalue weighted by atomic mass is 32.2. The predicted octanol–water partition coefficient (Wildman–Crippen LogP) is 7.34. The van der Waals surface area contributed by atoms with Crippen molar-refractivity contribution >= 4 is 22.1 Å². The lowest BCUT2D eigenvalue weighted by atomic mass is 10.00. The zero-order chi connectivity index (χ0) is 38.5. The molecule has 4 N–H and O–H groups in total. The third kappa shape index (κ3) is 25.6. The molecule has 0 aromatic carbocycles. The van der Waals surface area contributed by atoms with Gasteiger partial charge in [0.15, 0.2) is 12.4 Å². The third-order valence-electron chi connectivity index (χ3n) is 9.69. The quantitative estimate of drug-likeness (QED) is 0.0291. The molecule has 0 unspecified atom stereocenters. The Kier molecular flexibility index (Phi) is 28.9. The summed E-state index contributed by atoms with van der Waals surface area (Å²) < 4.78 is 53.8. The van der Waals surface area contributed by atoms with Crippen molar-refractivity contribution in [2.45, 2.75) is 218 Å². The van der Waals surface area contributed by atoms with E-state index in [1.165, 1.54) is 103 Å². The molecule has 0 aromatic heterocycles. The zero-order valence-electron chi connectivity index (χ0n) is 32.4. The first-order chi connectivity index (χ1) is 25.0. The van der Waals surface area contributed by atoms with Crippen LogP contribution in [0.5, 0.6) is 0 Å². The van der Waals surface area contributed by atoms with Crippen molar-refractivity contribution in [3.63, 3.8) is 0 Å². The number of unbranched alkanes of at least 4 members (excludes halogenated alkanes) is 22. The molecule has 6 atom stereocenters. The Labute approximate surface area is 314 Å². The minimum atomic E-state index is -4.59. The van der Waals surface area contributed by atoms with E-state index in [1.54, 1.807) is 0 Å². The minimum absolute atomic E-state index is 0.171. The molecule has 0 aliphatic carbocycles. The summed E-state index contributed by atoms with van der Waals surface area (Å²) in [7, 11) is -4.59. The van der Waals surface area contributed by atoms with Crippen LogP contribution in [-0.4, -0.2) is 96.0 Å². The van der Waals surface area contributed by atoms with Gasteiger partial charge in [0.2, 0.25) is 0 Å². The average molecular weight is 767 g/mol. The summed E-state index contributed by atoms with van der Waals surface area (Å²) in [6.45, 7) is 3.74. The van der Waals surface area contributed by atoms with Crippen LogP contribution in [0.25, 0.3) is 0 Å². The van der Waals surface area contributed by atoms with Gasteiger partial charge in [-0.2, -0.15) is 8.42 Å². The number of carbonyl (C=O) groups is 2. The van der Waals surface area contributed by atoms with Crippen molar-refractivity contribution in [1.82, 2.24) is 0 Å². The number of hydrogen-bond acceptors (Lipinski definition) is 11. The molecule has 1 saturated heterocycles. The molecule has 0 amide bonds. The van der Waals surface area contributed by atoms with Crippen molar-refractivity contribution < 1.29 is 56.8 Å². The fourth-order valence-electron chi connectivity index (χ4n) is 6.44. The Morgan fingerprint density at radius 3 is 1.40 bits per heavy atom. The SMILES string of the molecule is CCCCCCCCCCCCCCCC(=O)OC[C@H](CO[C@H]1O[C@H](CS(=O)(=O)O)[C@@H](O)[C@H](O)[C@H]1O)OC(=O)CCCCCCCCCCCCC. The number of aliphatic hydroxyl groups is 3. The summed E-state index contributed by atoms with van der Waals surface area (Å²) in [5.41, 5.74) is 0. The molecule has 0 spiro atoms. The summed E-state index contributed by atoms with van der Waals surface area (Å²) in [6, 6.07) is 0. The van der Waals surface area contributed by atoms with E-state index in [0.717, 1.165) is 38.5 Å². The van der Waals surface area contributed by atoms with Crippen LogP contribution < -0.4 is 0 Å². The Bertz CT molecular complexity index is 994. The highest BCUT2D eigenvalue weighted by molar-refractivity contribution is 7.85. The van der Waals surface area contributed by atoms with E-state index in [9.17, 15) is 37.9 Å². The van der Waals surface area contributed by atoms with Gasteiger partial charge in [-0.3, -0.25) is 14.1 Å². The van der Waals surface area contributed by atoms with Crippen molar-refractivity contribution in [1.29, 1.82) is 0 Å². The van der Waals surface area contributed by atoms with Crippen LogP contribution in [-0.2, 0) is 38.7 Å². The number of carbonyl (C=O) groups excluding carboxylic acids is 2. The zero-order valence-corrected chi connectivity index (χ0v) is 33.2. The monoisotopic (exact) mass is 766 g/mol. The van der Waals surface area contributed by atoms with Crippen LogP contribution >= 0.6 is 0 Å². The normalized spacial score (nSPS) is 21.2. The predicted molar refractivity (Wildman–Crippen MR) is 201 cm³/mol. The second-order valence-electron chi connectivity index (χ2n) is 14.7. The molecule has 1 fully saturated rings. The molecular weight excluding hydrogens is 692 g/mol. The van der Waals surface area contributed by atoms with Crippen LogP contribution in [0.3, 0.4) is 0 Å². The molecule has 0 aromatic rings. The Hall–Kier alpha value is -1.35. The molecule has 0 bridgehead atoms. The molecule has 1 aliphatic heterocycles. The van der Waals surface area contributed by atoms with Crippen LogP contribution in [0.2, 0.25) is 0 Å². The molecule has 12 nitrogen and oxygen atoms in total. The molecule has 0 radical (unpaired) electrons. The van der Waals surface area contributed by atoms with Crippen molar-refractivity contribution in [3.8, 4) is 0 Å². The second-order valence-corrected chi connectivity index (χ2v) is 16.2. The summed E-state index contributed by atoms with van der Waals surface area (Å²) in [5.74, 6) is -1.97. The van der Waals surface area contributed by atoms with E-state index in [0.29, 0.717) is 12.8 Å². The Balaban J connectivity index is 2.49. The van der Waals surface area contributed by atoms with Crippen molar-refractivity contribution in [2.24, 2.45) is 0 Å². The minimum Gasteiger partial charge on any atom is -0.462 e. The number of esters is 2. The van der Waals surface area contributed by atoms with Gasteiger partial charge in [-0.1, -0.05) is 155 Å². The first-order valence-electron chi connectivity index (χ1n) is 20.6. The summed E-state index contributed by atoms with van der Waals surface area (Å²) in [5, 5.41) is 30.8. The lowest BCUT2D eigenvalue weighted by Crippen LogP contribution is -2.60. The van der Waals surface area contributed by atoms with E-state index in [1.807, 2.05) is 0 Å². The van der Waals surface area contributed by atoms with Crippen LogP contribution in [0.4, 0.5) is 0 Å². The van der Waals surface area contributed by atoms with Gasteiger partial charge >= 0.3 is 11.9 Å². The van der Waals surface area contributed by atoms with Gasteiger partial charge in [0.25, 0.3) is 10.1 Å². The van der Waals surface area contributed by atoms with Gasteiger partial charge in [-0.05, 0) is 12.8 Å². The van der Waals surface area contributed by atoms with Crippen molar-refractivity contribution in [3.05, 3.63) is 0 Å². The van der Waals surface area contributed by atoms with Gasteiger partial charge < -0.3 is 34.3 Å². The molecule has 308 valence electrons. The van der Waals surface area contributed by atoms with E-state index in [4.69, 9.17) is 18.9 Å². The molecule has 1 aliphatic rings. The van der Waals surface area contributed by atoms with E-state index in [2.05, 4.69) is 13.8 Å². The highest BCUT2D eigenvalue weighted by Gasteiger charge is 2.46. The molecule has 1 rings (SSSR count). The van der Waals surface area contributed by atoms with Gasteiger partial charge in [-0.15, -0.1) is 0 Å². The number of aliphatic hydroxyl groups excluding tert-OH is 3. The fourth-order valence-corrected chi connectivity index (χ4v) is 7.13. The average Bonchev–Trinajstić information content (AvgIpc) is 3.10. The largest absolute Gasteiger partial charge is 0.462 e. The molecular formula is C39H74O12S. The molecule has 13 heteroatoms. The van der Waals surface area contributed by atoms with E-state index in [-0.39, 0.29) is 19.4 Å². The molecule has 0 saturated carbocycles. The summed E-state index contributed by atoms with van der Waals surface area (Å²) >= 11 is 0. The fraction of sp³-hybridized carbons (Fsp3) is 0.949. The van der Waals surface area contributed by atoms with Crippen LogP contribution in [0.15, 0.2) is 0 Å². The smallest absolute Gasteiger partial charge is 0.306 e. The first-order valence-corrected chi connectivity index (χ1v) is 22.2. The molecule has 52 heavy (non-hydrogen) atoms. The third-order valence-corrected chi connectivity index (χ3v) is 10.4. The van der Waals surface area contributed by atoms with E-state index >= 15 is 0 Å². The van der Waals surface area contributed by atoms with E-state index < -0.39 is 71.2 Å². The van der Waals surface area contributed by atoms with Gasteiger partial charge in [0, 0.05) is 12.8 Å². The maximum absolute atomic E-state index is 12.7. The number of hydrogen-bond donors (Lipinski definition) is 4. The van der Waals surface area contributed by atoms with Crippen LogP contribution in [0.1, 0.15) is 181 Å². The first kappa shape index (κ1) is 48.7. The Morgan fingerprint density at radius 2 is 0.981 bits per heavy atom. The lowest BCUT2D eigenvalue weighted by molar-refractivity contribution is -0.297. The lowest BCUT2D eigenvalue weighted by Gasteiger charge is -2.40. The molecule has 1 heterocycles. The summed E-state index contributed by atoms with van der Waals surface area (Å²) in [4.78, 5) is 25.2. The van der Waals surface area contributed by atoms with Gasteiger partial charge in [0.05, 0.1) is 6.61 Å². The topological polar surface area (TPSA) is 186 Å².